The Bertz CT molecular complexity index is 1210. The predicted molar refractivity (Wildman–Crippen MR) is 129 cm³/mol. The Morgan fingerprint density at radius 2 is 1.71 bits per heavy atom. The van der Waals surface area contributed by atoms with Crippen LogP contribution in [0, 0.1) is 0 Å². The summed E-state index contributed by atoms with van der Waals surface area (Å²) in [7, 11) is 1.62. The van der Waals surface area contributed by atoms with E-state index in [-0.39, 0.29) is 5.97 Å². The maximum Gasteiger partial charge on any atom is 0.340 e. The SMILES string of the molecule is CCOC(=O)c1c(CSc2ccccc2)n(-c2ccccc2)c2cc(Br)c(OC)cc12. The molecule has 0 atom stereocenters. The van der Waals surface area contributed by atoms with Crippen molar-refractivity contribution < 1.29 is 14.3 Å². The summed E-state index contributed by atoms with van der Waals surface area (Å²) in [5.74, 6) is 0.961. The minimum absolute atomic E-state index is 0.315. The average Bonchev–Trinajstić information content (AvgIpc) is 3.11. The summed E-state index contributed by atoms with van der Waals surface area (Å²) in [6.07, 6.45) is 0. The molecule has 0 aliphatic carbocycles. The summed E-state index contributed by atoms with van der Waals surface area (Å²) in [5.41, 5.74) is 3.39. The van der Waals surface area contributed by atoms with Crippen LogP contribution in [0.3, 0.4) is 0 Å². The van der Waals surface area contributed by atoms with Crippen molar-refractivity contribution in [2.24, 2.45) is 0 Å². The van der Waals surface area contributed by atoms with Crippen LogP contribution in [0.2, 0.25) is 0 Å². The van der Waals surface area contributed by atoms with Crippen LogP contribution in [0.15, 0.2) is 82.2 Å². The normalized spacial score (nSPS) is 10.9. The van der Waals surface area contributed by atoms with Crippen LogP contribution >= 0.6 is 27.7 Å². The fraction of sp³-hybridized carbons (Fsp3) is 0.160. The number of fused-ring (bicyclic) bond motifs is 1. The highest BCUT2D eigenvalue weighted by atomic mass is 79.9. The number of hydrogen-bond acceptors (Lipinski definition) is 4. The minimum atomic E-state index is -0.324. The number of carbonyl (C=O) groups excluding carboxylic acids is 1. The van der Waals surface area contributed by atoms with Gasteiger partial charge in [0.25, 0.3) is 0 Å². The van der Waals surface area contributed by atoms with Crippen molar-refractivity contribution in [1.29, 1.82) is 0 Å². The van der Waals surface area contributed by atoms with Gasteiger partial charge in [0.2, 0.25) is 0 Å². The van der Waals surface area contributed by atoms with Gasteiger partial charge in [-0.15, -0.1) is 11.8 Å². The molecular formula is C25H22BrNO3S. The Morgan fingerprint density at radius 3 is 2.35 bits per heavy atom. The molecule has 0 radical (unpaired) electrons. The number of hydrogen-bond donors (Lipinski definition) is 0. The lowest BCUT2D eigenvalue weighted by molar-refractivity contribution is 0.0527. The van der Waals surface area contributed by atoms with Crippen LogP contribution in [-0.2, 0) is 10.5 Å². The number of carbonyl (C=O) groups is 1. The van der Waals surface area contributed by atoms with Gasteiger partial charge in [0.15, 0.2) is 0 Å². The van der Waals surface area contributed by atoms with Gasteiger partial charge in [0.1, 0.15) is 5.75 Å². The second-order valence-electron chi connectivity index (χ2n) is 6.82. The highest BCUT2D eigenvalue weighted by molar-refractivity contribution is 9.10. The molecule has 0 aliphatic heterocycles. The third-order valence-corrected chi connectivity index (χ3v) is 6.59. The smallest absolute Gasteiger partial charge is 0.340 e. The molecule has 0 unspecified atom stereocenters. The molecule has 0 spiro atoms. The highest BCUT2D eigenvalue weighted by Crippen LogP contribution is 2.39. The van der Waals surface area contributed by atoms with Crippen molar-refractivity contribution in [3.8, 4) is 11.4 Å². The molecule has 0 fully saturated rings. The zero-order valence-corrected chi connectivity index (χ0v) is 19.7. The van der Waals surface area contributed by atoms with Crippen LogP contribution in [0.25, 0.3) is 16.6 Å². The van der Waals surface area contributed by atoms with E-state index >= 15 is 0 Å². The fourth-order valence-electron chi connectivity index (χ4n) is 3.61. The number of rotatable bonds is 7. The summed E-state index contributed by atoms with van der Waals surface area (Å²) >= 11 is 5.29. The molecule has 31 heavy (non-hydrogen) atoms. The van der Waals surface area contributed by atoms with Gasteiger partial charge in [0.05, 0.1) is 29.3 Å². The molecule has 0 saturated heterocycles. The number of aromatic nitrogens is 1. The third kappa shape index (κ3) is 4.36. The van der Waals surface area contributed by atoms with E-state index in [1.54, 1.807) is 18.9 Å². The van der Waals surface area contributed by atoms with E-state index in [1.807, 2.05) is 67.6 Å². The minimum Gasteiger partial charge on any atom is -0.496 e. The second kappa shape index (κ2) is 9.62. The van der Waals surface area contributed by atoms with Gasteiger partial charge < -0.3 is 14.0 Å². The molecule has 0 amide bonds. The summed E-state index contributed by atoms with van der Waals surface area (Å²) < 4.78 is 14.0. The van der Waals surface area contributed by atoms with Crippen LogP contribution in [0.5, 0.6) is 5.75 Å². The lowest BCUT2D eigenvalue weighted by Gasteiger charge is -2.12. The fourth-order valence-corrected chi connectivity index (χ4v) is 5.02. The van der Waals surface area contributed by atoms with Crippen LogP contribution < -0.4 is 4.74 Å². The van der Waals surface area contributed by atoms with E-state index < -0.39 is 0 Å². The maximum atomic E-state index is 13.1. The van der Waals surface area contributed by atoms with Crippen molar-refractivity contribution in [3.05, 3.63) is 88.5 Å². The molecule has 4 aromatic rings. The molecule has 4 rings (SSSR count). The Hall–Kier alpha value is -2.70. The Morgan fingerprint density at radius 1 is 1.03 bits per heavy atom. The number of benzene rings is 3. The number of para-hydroxylation sites is 1. The number of thioether (sulfide) groups is 1. The van der Waals surface area contributed by atoms with Gasteiger partial charge in [0, 0.05) is 27.4 Å². The van der Waals surface area contributed by atoms with E-state index in [0.29, 0.717) is 23.7 Å². The molecule has 4 nitrogen and oxygen atoms in total. The maximum absolute atomic E-state index is 13.1. The molecule has 1 aromatic heterocycles. The largest absolute Gasteiger partial charge is 0.496 e. The van der Waals surface area contributed by atoms with Gasteiger partial charge in [-0.3, -0.25) is 0 Å². The molecule has 0 bridgehead atoms. The topological polar surface area (TPSA) is 40.5 Å². The van der Waals surface area contributed by atoms with E-state index in [1.165, 1.54) is 0 Å². The lowest BCUT2D eigenvalue weighted by atomic mass is 10.1. The summed E-state index contributed by atoms with van der Waals surface area (Å²) in [4.78, 5) is 14.3. The van der Waals surface area contributed by atoms with Gasteiger partial charge in [-0.05, 0) is 59.3 Å². The number of methoxy groups -OCH3 is 1. The van der Waals surface area contributed by atoms with Gasteiger partial charge in [-0.25, -0.2) is 4.79 Å². The standard InChI is InChI=1S/C25H22BrNO3S/c1-3-30-25(28)24-19-14-23(29-2)20(26)15-21(19)27(17-10-6-4-7-11-17)22(24)16-31-18-12-8-5-9-13-18/h4-15H,3,16H2,1-2H3. The first-order valence-electron chi connectivity index (χ1n) is 9.95. The number of ether oxygens (including phenoxy) is 2. The zero-order valence-electron chi connectivity index (χ0n) is 17.3. The van der Waals surface area contributed by atoms with Gasteiger partial charge in [-0.2, -0.15) is 0 Å². The molecule has 0 N–H and O–H groups in total. The summed E-state index contributed by atoms with van der Waals surface area (Å²) in [6, 6.07) is 24.2. The quantitative estimate of drug-likeness (QED) is 0.207. The van der Waals surface area contributed by atoms with Gasteiger partial charge >= 0.3 is 5.97 Å². The first-order chi connectivity index (χ1) is 15.1. The van der Waals surface area contributed by atoms with Crippen molar-refractivity contribution in [3.63, 3.8) is 0 Å². The Kier molecular flexibility index (Phi) is 6.68. The van der Waals surface area contributed by atoms with Crippen LogP contribution in [-0.4, -0.2) is 24.3 Å². The van der Waals surface area contributed by atoms with Crippen LogP contribution in [0.1, 0.15) is 23.0 Å². The third-order valence-electron chi connectivity index (χ3n) is 4.95. The number of halogens is 1. The van der Waals surface area contributed by atoms with Crippen molar-refractivity contribution in [1.82, 2.24) is 4.57 Å². The van der Waals surface area contributed by atoms with E-state index in [9.17, 15) is 4.79 Å². The second-order valence-corrected chi connectivity index (χ2v) is 8.72. The van der Waals surface area contributed by atoms with E-state index in [0.717, 1.165) is 31.7 Å². The van der Waals surface area contributed by atoms with Crippen molar-refractivity contribution >= 4 is 44.6 Å². The molecule has 3 aromatic carbocycles. The zero-order chi connectivity index (χ0) is 21.8. The Labute approximate surface area is 194 Å². The highest BCUT2D eigenvalue weighted by Gasteiger charge is 2.26. The van der Waals surface area contributed by atoms with Crippen molar-refractivity contribution in [2.75, 3.05) is 13.7 Å². The van der Waals surface area contributed by atoms with E-state index in [2.05, 4.69) is 32.6 Å². The summed E-state index contributed by atoms with van der Waals surface area (Å²) in [6.45, 7) is 2.14. The predicted octanol–water partition coefficient (Wildman–Crippen LogP) is 6.87. The first-order valence-corrected chi connectivity index (χ1v) is 11.7. The molecule has 6 heteroatoms. The van der Waals surface area contributed by atoms with Crippen LogP contribution in [0.4, 0.5) is 0 Å². The lowest BCUT2D eigenvalue weighted by Crippen LogP contribution is -2.09. The van der Waals surface area contributed by atoms with Crippen molar-refractivity contribution in [2.45, 2.75) is 17.6 Å². The molecule has 1 heterocycles. The molecule has 0 saturated carbocycles. The molecular weight excluding hydrogens is 474 g/mol. The molecule has 158 valence electrons. The number of nitrogens with zero attached hydrogens (tertiary/aromatic N) is 1. The monoisotopic (exact) mass is 495 g/mol. The number of esters is 1. The average molecular weight is 496 g/mol. The summed E-state index contributed by atoms with van der Waals surface area (Å²) in [5, 5.41) is 0.811. The van der Waals surface area contributed by atoms with E-state index in [4.69, 9.17) is 9.47 Å². The first kappa shape index (κ1) is 21.5. The molecule has 0 aliphatic rings. The Balaban J connectivity index is 1.98. The van der Waals surface area contributed by atoms with Gasteiger partial charge in [-0.1, -0.05) is 36.4 Å².